The molecule has 6 atom stereocenters. The normalized spacial score (nSPS) is 36.3. The highest BCUT2D eigenvalue weighted by Crippen LogP contribution is 2.67. The van der Waals surface area contributed by atoms with Gasteiger partial charge in [0.2, 0.25) is 11.2 Å². The molecule has 4 bridgehead atoms. The average Bonchev–Trinajstić information content (AvgIpc) is 3.46. The molecule has 0 spiro atoms. The molecule has 3 aliphatic heterocycles. The maximum Gasteiger partial charge on any atom is 0.351 e. The first-order chi connectivity index (χ1) is 22.1. The van der Waals surface area contributed by atoms with E-state index >= 15 is 0 Å². The summed E-state index contributed by atoms with van der Waals surface area (Å²) in [5, 5.41) is 0.274. The van der Waals surface area contributed by atoms with Gasteiger partial charge < -0.3 is 28.1 Å². The average molecular weight is 665 g/mol. The third-order valence-electron chi connectivity index (χ3n) is 13.5. The second-order valence-electron chi connectivity index (χ2n) is 16.4. The van der Waals surface area contributed by atoms with Crippen molar-refractivity contribution >= 4 is 34.8 Å². The van der Waals surface area contributed by atoms with Gasteiger partial charge in [0.1, 0.15) is 22.7 Å². The monoisotopic (exact) mass is 664 g/mol. The third kappa shape index (κ3) is 3.57. The Kier molecular flexibility index (Phi) is 6.40. The number of carbonyl (C=O) groups is 4. The van der Waals surface area contributed by atoms with Crippen LogP contribution in [0.15, 0.2) is 21.3 Å². The standard InChI is InChI=1S/C37H44O11/c1-11-19-17-20(38)22-18(2)16-21-23(24(22)43-19)25(44-29(41)36-14-12-34(9,27(39)47-36)32(36,5)6)26(31(3,4)46-21)45-30(42)37-15-13-35(10,28(40)48-37)33(37,7)8/h16-17,25-26H,11-15H2,1-10H3/t25-,26-,34+,35+,36-,37-/m1/s1. The highest BCUT2D eigenvalue weighted by molar-refractivity contribution is 5.95. The van der Waals surface area contributed by atoms with E-state index in [0.29, 0.717) is 36.3 Å². The van der Waals surface area contributed by atoms with Crippen molar-refractivity contribution in [3.8, 4) is 5.75 Å². The van der Waals surface area contributed by atoms with Crippen LogP contribution in [-0.4, -0.2) is 46.8 Å². The molecule has 2 saturated carbocycles. The highest BCUT2D eigenvalue weighted by atomic mass is 16.7. The number of hydrogen-bond donors (Lipinski definition) is 0. The number of ether oxygens (including phenoxy) is 5. The molecule has 2 saturated heterocycles. The van der Waals surface area contributed by atoms with E-state index in [4.69, 9.17) is 28.1 Å². The Balaban J connectivity index is 1.40. The van der Waals surface area contributed by atoms with Crippen LogP contribution in [0.5, 0.6) is 5.75 Å². The van der Waals surface area contributed by atoms with Crippen molar-refractivity contribution in [2.45, 2.75) is 130 Å². The molecule has 1 aromatic carbocycles. The summed E-state index contributed by atoms with van der Waals surface area (Å²) in [7, 11) is 0. The number of hydrogen-bond acceptors (Lipinski definition) is 11. The number of benzene rings is 1. The predicted octanol–water partition coefficient (Wildman–Crippen LogP) is 5.57. The number of aryl methyl sites for hydroxylation is 2. The van der Waals surface area contributed by atoms with E-state index in [1.54, 1.807) is 40.7 Å². The van der Waals surface area contributed by atoms with Gasteiger partial charge in [-0.1, -0.05) is 34.6 Å². The quantitative estimate of drug-likeness (QED) is 0.292. The molecule has 7 rings (SSSR count). The van der Waals surface area contributed by atoms with Gasteiger partial charge in [-0.05, 0) is 71.9 Å². The Hall–Kier alpha value is -3.89. The fraction of sp³-hybridized carbons (Fsp3) is 0.649. The molecule has 11 nitrogen and oxygen atoms in total. The van der Waals surface area contributed by atoms with Crippen LogP contribution in [0.2, 0.25) is 0 Å². The minimum absolute atomic E-state index is 0.152. The van der Waals surface area contributed by atoms with Crippen molar-refractivity contribution in [3.63, 3.8) is 0 Å². The fourth-order valence-electron chi connectivity index (χ4n) is 9.10. The molecule has 0 unspecified atom stereocenters. The van der Waals surface area contributed by atoms with Crippen LogP contribution in [-0.2, 0) is 44.5 Å². The molecular weight excluding hydrogens is 620 g/mol. The molecular formula is C37H44O11. The van der Waals surface area contributed by atoms with Crippen molar-refractivity contribution in [3.05, 3.63) is 39.2 Å². The van der Waals surface area contributed by atoms with Gasteiger partial charge in [-0.2, -0.15) is 0 Å². The maximum atomic E-state index is 14.6. The van der Waals surface area contributed by atoms with E-state index in [-0.39, 0.29) is 34.8 Å². The lowest BCUT2D eigenvalue weighted by Gasteiger charge is -2.46. The van der Waals surface area contributed by atoms with Crippen molar-refractivity contribution in [2.24, 2.45) is 21.7 Å². The lowest BCUT2D eigenvalue weighted by atomic mass is 9.66. The summed E-state index contributed by atoms with van der Waals surface area (Å²) < 4.78 is 37.4. The van der Waals surface area contributed by atoms with Crippen LogP contribution in [0.25, 0.3) is 11.0 Å². The number of carbonyl (C=O) groups excluding carboxylic acids is 4. The van der Waals surface area contributed by atoms with Crippen molar-refractivity contribution in [1.29, 1.82) is 0 Å². The van der Waals surface area contributed by atoms with Gasteiger partial charge in [0, 0.05) is 23.3 Å². The van der Waals surface area contributed by atoms with E-state index in [1.807, 2.05) is 34.6 Å². The summed E-state index contributed by atoms with van der Waals surface area (Å²) in [4.78, 5) is 68.6. The van der Waals surface area contributed by atoms with E-state index in [2.05, 4.69) is 0 Å². The smallest absolute Gasteiger partial charge is 0.351 e. The molecule has 258 valence electrons. The Morgan fingerprint density at radius 3 is 1.75 bits per heavy atom. The first-order valence-corrected chi connectivity index (χ1v) is 16.8. The number of esters is 4. The molecule has 1 aromatic heterocycles. The zero-order valence-corrected chi connectivity index (χ0v) is 29.3. The molecule has 5 aliphatic rings. The molecule has 2 aliphatic carbocycles. The van der Waals surface area contributed by atoms with Crippen LogP contribution >= 0.6 is 0 Å². The van der Waals surface area contributed by atoms with Gasteiger partial charge in [-0.3, -0.25) is 14.4 Å². The predicted molar refractivity (Wildman–Crippen MR) is 170 cm³/mol. The SMILES string of the molecule is CCc1cc(=O)c2c(C)cc3c(c2o1)[C@@H](OC(=O)[C@@]12CC[C@@](C)(C(=O)O1)C2(C)C)[C@@H](OC(=O)[C@@]12CC[C@@](C)(C(=O)O1)C2(C)C)C(C)(C)O3. The van der Waals surface area contributed by atoms with Gasteiger partial charge in [0.15, 0.2) is 17.6 Å². The van der Waals surface area contributed by atoms with Crippen molar-refractivity contribution in [1.82, 2.24) is 0 Å². The van der Waals surface area contributed by atoms with Gasteiger partial charge in [0.05, 0.1) is 21.8 Å². The zero-order chi connectivity index (χ0) is 35.2. The van der Waals surface area contributed by atoms with E-state index in [1.165, 1.54) is 6.07 Å². The van der Waals surface area contributed by atoms with Crippen molar-refractivity contribution < 1.29 is 47.3 Å². The minimum Gasteiger partial charge on any atom is -0.483 e. The largest absolute Gasteiger partial charge is 0.483 e. The van der Waals surface area contributed by atoms with E-state index in [0.717, 1.165) is 0 Å². The minimum atomic E-state index is -1.60. The molecule has 11 heteroatoms. The first-order valence-electron chi connectivity index (χ1n) is 16.8. The summed E-state index contributed by atoms with van der Waals surface area (Å²) in [6, 6.07) is 3.12. The van der Waals surface area contributed by atoms with Crippen molar-refractivity contribution in [2.75, 3.05) is 0 Å². The van der Waals surface area contributed by atoms with Gasteiger partial charge in [0.25, 0.3) is 0 Å². The molecule has 0 radical (unpaired) electrons. The molecule has 48 heavy (non-hydrogen) atoms. The van der Waals surface area contributed by atoms with Crippen LogP contribution in [0.1, 0.15) is 111 Å². The Morgan fingerprint density at radius 1 is 0.771 bits per heavy atom. The maximum absolute atomic E-state index is 14.6. The van der Waals surface area contributed by atoms with Crippen LogP contribution in [0, 0.1) is 28.6 Å². The number of fused-ring (bicyclic) bond motifs is 7. The lowest BCUT2D eigenvalue weighted by molar-refractivity contribution is -0.217. The van der Waals surface area contributed by atoms with E-state index in [9.17, 15) is 24.0 Å². The summed E-state index contributed by atoms with van der Waals surface area (Å²) in [5.41, 5.74) is -7.39. The molecule has 4 fully saturated rings. The number of rotatable bonds is 5. The topological polar surface area (TPSA) is 145 Å². The molecule has 0 N–H and O–H groups in total. The zero-order valence-electron chi connectivity index (χ0n) is 29.3. The Morgan fingerprint density at radius 2 is 1.29 bits per heavy atom. The Bertz CT molecular complexity index is 1900. The highest BCUT2D eigenvalue weighted by Gasteiger charge is 2.78. The molecule has 2 aromatic rings. The second kappa shape index (κ2) is 9.41. The summed E-state index contributed by atoms with van der Waals surface area (Å²) in [6.07, 6.45) is -0.865. The van der Waals surface area contributed by atoms with Crippen LogP contribution < -0.4 is 10.2 Å². The summed E-state index contributed by atoms with van der Waals surface area (Å²) in [5.74, 6) is -1.81. The Labute approximate surface area is 278 Å². The lowest BCUT2D eigenvalue weighted by Crippen LogP contribution is -2.57. The van der Waals surface area contributed by atoms with Gasteiger partial charge in [-0.25, -0.2) is 9.59 Å². The fourth-order valence-corrected chi connectivity index (χ4v) is 9.10. The van der Waals surface area contributed by atoms with Gasteiger partial charge in [-0.15, -0.1) is 0 Å². The van der Waals surface area contributed by atoms with E-state index < -0.39 is 74.5 Å². The van der Waals surface area contributed by atoms with Crippen LogP contribution in [0.4, 0.5) is 0 Å². The third-order valence-corrected chi connectivity index (χ3v) is 13.5. The summed E-state index contributed by atoms with van der Waals surface area (Å²) in [6.45, 7) is 17.9. The molecule has 4 heterocycles. The van der Waals surface area contributed by atoms with Gasteiger partial charge >= 0.3 is 23.9 Å². The first kappa shape index (κ1) is 32.6. The molecule has 0 amide bonds. The van der Waals surface area contributed by atoms with Crippen LogP contribution in [0.3, 0.4) is 0 Å². The second-order valence-corrected chi connectivity index (χ2v) is 16.4. The summed E-state index contributed by atoms with van der Waals surface area (Å²) >= 11 is 0.